The molecule has 39 heavy (non-hydrogen) atoms. The molecule has 1 fully saturated rings. The van der Waals surface area contributed by atoms with E-state index in [4.69, 9.17) is 4.74 Å². The highest BCUT2D eigenvalue weighted by Crippen LogP contribution is 2.39. The summed E-state index contributed by atoms with van der Waals surface area (Å²) in [6.45, 7) is 0.675. The van der Waals surface area contributed by atoms with Gasteiger partial charge in [0.05, 0.1) is 25.0 Å². The lowest BCUT2D eigenvalue weighted by molar-refractivity contribution is -0.132. The number of rotatable bonds is 7. The maximum absolute atomic E-state index is 13.4. The molecule has 2 amide bonds. The highest BCUT2D eigenvalue weighted by atomic mass is 32.2. The number of pyridine rings is 1. The van der Waals surface area contributed by atoms with Crippen molar-refractivity contribution in [3.63, 3.8) is 0 Å². The zero-order valence-corrected chi connectivity index (χ0v) is 22.3. The van der Waals surface area contributed by atoms with Gasteiger partial charge in [0.1, 0.15) is 16.5 Å². The Morgan fingerprint density at radius 1 is 1.28 bits per heavy atom. The second-order valence-corrected chi connectivity index (χ2v) is 9.78. The predicted molar refractivity (Wildman–Crippen MR) is 143 cm³/mol. The number of imidazole rings is 1. The number of nitrogens with zero attached hydrogens (tertiary/aromatic N) is 3. The van der Waals surface area contributed by atoms with E-state index in [1.807, 2.05) is 0 Å². The average Bonchev–Trinajstić information content (AvgIpc) is 3.24. The maximum Gasteiger partial charge on any atom is 0.447 e. The molecule has 9 nitrogen and oxygen atoms in total. The Morgan fingerprint density at radius 2 is 2.08 bits per heavy atom. The molecule has 0 saturated carbocycles. The van der Waals surface area contributed by atoms with Gasteiger partial charge in [-0.05, 0) is 42.7 Å². The number of alkyl halides is 3. The number of thioether (sulfide) groups is 1. The molecule has 2 aromatic heterocycles. The number of methoxy groups -OCH3 is 1. The number of aromatic nitrogens is 2. The Kier molecular flexibility index (Phi) is 8.44. The Balaban J connectivity index is 1.59. The lowest BCUT2D eigenvalue weighted by Crippen LogP contribution is -2.41. The molecule has 0 radical (unpaired) electrons. The van der Waals surface area contributed by atoms with Crippen molar-refractivity contribution in [1.29, 1.82) is 0 Å². The third kappa shape index (κ3) is 6.69. The Morgan fingerprint density at radius 3 is 2.77 bits per heavy atom. The monoisotopic (exact) mass is 560 g/mol. The number of amides is 2. The number of anilines is 2. The van der Waals surface area contributed by atoms with Gasteiger partial charge in [-0.3, -0.25) is 14.0 Å². The van der Waals surface area contributed by atoms with Crippen LogP contribution in [0.15, 0.2) is 41.6 Å². The lowest BCUT2D eigenvalue weighted by Gasteiger charge is -2.29. The van der Waals surface area contributed by atoms with Gasteiger partial charge in [-0.15, -0.1) is 0 Å². The summed E-state index contributed by atoms with van der Waals surface area (Å²) in [5.74, 6) is 5.74. The van der Waals surface area contributed by atoms with Gasteiger partial charge in [-0.25, -0.2) is 4.98 Å². The fraction of sp³-hybridized carbons (Fsp3) is 0.346. The lowest BCUT2D eigenvalue weighted by atomic mass is 10.0. The number of hydrogen-bond acceptors (Lipinski definition) is 7. The van der Waals surface area contributed by atoms with Gasteiger partial charge in [-0.1, -0.05) is 5.92 Å². The number of hydrogen-bond donors (Lipinski definition) is 3. The van der Waals surface area contributed by atoms with E-state index in [-0.39, 0.29) is 53.3 Å². The second kappa shape index (κ2) is 11.8. The van der Waals surface area contributed by atoms with Crippen LogP contribution in [0.2, 0.25) is 0 Å². The van der Waals surface area contributed by atoms with Crippen LogP contribution in [0, 0.1) is 11.8 Å². The summed E-state index contributed by atoms with van der Waals surface area (Å²) in [4.78, 5) is 30.0. The summed E-state index contributed by atoms with van der Waals surface area (Å²) in [6.07, 6.45) is 2.50. The highest BCUT2D eigenvalue weighted by Gasteiger charge is 2.33. The number of fused-ring (bicyclic) bond motifs is 1. The van der Waals surface area contributed by atoms with Crippen molar-refractivity contribution in [3.05, 3.63) is 47.8 Å². The number of halogens is 3. The van der Waals surface area contributed by atoms with E-state index < -0.39 is 5.51 Å². The van der Waals surface area contributed by atoms with Crippen LogP contribution in [-0.4, -0.2) is 71.9 Å². The molecule has 3 heterocycles. The highest BCUT2D eigenvalue weighted by molar-refractivity contribution is 8.00. The molecule has 206 valence electrons. The van der Waals surface area contributed by atoms with Crippen LogP contribution in [0.25, 0.3) is 5.65 Å². The molecule has 1 atom stereocenters. The van der Waals surface area contributed by atoms with Crippen LogP contribution < -0.4 is 20.7 Å². The SMILES string of the molecule is CNC(=O)c1ccc(NCC#Cc2nc3c(N[C@@H]4CCN(C)C(=O)C4)cccn3c2SC(F)(F)F)c(OC)c1. The van der Waals surface area contributed by atoms with E-state index in [0.717, 1.165) is 0 Å². The molecule has 1 aliphatic rings. The van der Waals surface area contributed by atoms with Crippen LogP contribution >= 0.6 is 11.8 Å². The van der Waals surface area contributed by atoms with E-state index in [2.05, 4.69) is 32.8 Å². The number of piperidine rings is 1. The predicted octanol–water partition coefficient (Wildman–Crippen LogP) is 3.81. The van der Waals surface area contributed by atoms with Gasteiger partial charge < -0.3 is 25.6 Å². The molecule has 0 aliphatic carbocycles. The number of nitrogens with one attached hydrogen (secondary N) is 3. The summed E-state index contributed by atoms with van der Waals surface area (Å²) >= 11 is -0.283. The molecular weight excluding hydrogens is 533 g/mol. The van der Waals surface area contributed by atoms with Crippen LogP contribution in [0.4, 0.5) is 24.5 Å². The number of ether oxygens (including phenoxy) is 1. The molecule has 13 heteroatoms. The first-order chi connectivity index (χ1) is 18.6. The molecule has 0 unspecified atom stereocenters. The van der Waals surface area contributed by atoms with Crippen molar-refractivity contribution >= 4 is 40.6 Å². The molecule has 3 aromatic rings. The minimum atomic E-state index is -4.55. The molecule has 3 N–H and O–H groups in total. The molecule has 0 bridgehead atoms. The second-order valence-electron chi connectivity index (χ2n) is 8.73. The van der Waals surface area contributed by atoms with Crippen LogP contribution in [0.3, 0.4) is 0 Å². The molecule has 0 spiro atoms. The number of carbonyl (C=O) groups is 2. The molecule has 1 aromatic carbocycles. The van der Waals surface area contributed by atoms with Crippen LogP contribution in [0.1, 0.15) is 28.9 Å². The van der Waals surface area contributed by atoms with Gasteiger partial charge in [0, 0.05) is 56.6 Å². The standard InChI is InChI=1S/C26H27F3N6O3S/c1-30-24(37)16-8-9-18(21(14-16)38-3)31-11-4-6-20-25(39-26(27,28)29)35-12-5-7-19(23(35)33-20)32-17-10-13-34(2)22(36)15-17/h5,7-9,12,14,17,31-32H,10-11,13,15H2,1-3H3,(H,30,37)/t17-/m1/s1. The summed E-state index contributed by atoms with van der Waals surface area (Å²) < 4.78 is 47.0. The van der Waals surface area contributed by atoms with Crippen LogP contribution in [0.5, 0.6) is 5.75 Å². The minimum Gasteiger partial charge on any atom is -0.495 e. The number of carbonyl (C=O) groups excluding carboxylic acids is 2. The van der Waals surface area contributed by atoms with Crippen molar-refractivity contribution in [3.8, 4) is 17.6 Å². The zero-order valence-electron chi connectivity index (χ0n) is 21.5. The van der Waals surface area contributed by atoms with Gasteiger partial charge in [-0.2, -0.15) is 13.2 Å². The fourth-order valence-corrected chi connectivity index (χ4v) is 4.78. The van der Waals surface area contributed by atoms with Gasteiger partial charge in [0.2, 0.25) is 5.91 Å². The Hall–Kier alpha value is -4.05. The molecule has 4 rings (SSSR count). The van der Waals surface area contributed by atoms with E-state index in [1.165, 1.54) is 24.8 Å². The number of likely N-dealkylation sites (tertiary alicyclic amines) is 1. The van der Waals surface area contributed by atoms with Gasteiger partial charge in [0.15, 0.2) is 5.65 Å². The topological polar surface area (TPSA) is 100 Å². The minimum absolute atomic E-state index is 0.00122. The molecule has 1 saturated heterocycles. The number of benzene rings is 1. The van der Waals surface area contributed by atoms with E-state index >= 15 is 0 Å². The van der Waals surface area contributed by atoms with E-state index in [1.54, 1.807) is 42.3 Å². The first kappa shape index (κ1) is 28.0. The van der Waals surface area contributed by atoms with Crippen molar-refractivity contribution < 1.29 is 27.5 Å². The maximum atomic E-state index is 13.4. The quantitative estimate of drug-likeness (QED) is 0.299. The van der Waals surface area contributed by atoms with Crippen molar-refractivity contribution in [1.82, 2.24) is 19.6 Å². The smallest absolute Gasteiger partial charge is 0.447 e. The van der Waals surface area contributed by atoms with Crippen molar-refractivity contribution in [2.45, 2.75) is 29.4 Å². The Labute approximate surface area is 227 Å². The largest absolute Gasteiger partial charge is 0.495 e. The normalized spacial score (nSPS) is 15.5. The summed E-state index contributed by atoms with van der Waals surface area (Å²) in [5.41, 5.74) is -2.77. The van der Waals surface area contributed by atoms with Crippen molar-refractivity contribution in [2.75, 3.05) is 44.9 Å². The zero-order chi connectivity index (χ0) is 28.2. The van der Waals surface area contributed by atoms with Gasteiger partial charge >= 0.3 is 5.51 Å². The summed E-state index contributed by atoms with van der Waals surface area (Å²) in [5, 5.41) is 8.71. The van der Waals surface area contributed by atoms with Crippen LogP contribution in [-0.2, 0) is 4.79 Å². The van der Waals surface area contributed by atoms with Gasteiger partial charge in [0.25, 0.3) is 5.91 Å². The first-order valence-corrected chi connectivity index (χ1v) is 12.8. The summed E-state index contributed by atoms with van der Waals surface area (Å²) in [7, 11) is 4.73. The fourth-order valence-electron chi connectivity index (χ4n) is 4.12. The summed E-state index contributed by atoms with van der Waals surface area (Å²) in [6, 6.07) is 8.04. The molecular formula is C26H27F3N6O3S. The Bertz CT molecular complexity index is 1450. The van der Waals surface area contributed by atoms with Crippen molar-refractivity contribution in [2.24, 2.45) is 0 Å². The average molecular weight is 561 g/mol. The third-order valence-electron chi connectivity index (χ3n) is 6.10. The third-order valence-corrected chi connectivity index (χ3v) is 6.92. The van der Waals surface area contributed by atoms with E-state index in [0.29, 0.717) is 41.3 Å². The first-order valence-electron chi connectivity index (χ1n) is 12.0. The van der Waals surface area contributed by atoms with E-state index in [9.17, 15) is 22.8 Å². The molecule has 1 aliphatic heterocycles.